The van der Waals surface area contributed by atoms with Crippen LogP contribution in [0.15, 0.2) is 0 Å². The Labute approximate surface area is 91.8 Å². The van der Waals surface area contributed by atoms with E-state index in [-0.39, 0.29) is 18.5 Å². The summed E-state index contributed by atoms with van der Waals surface area (Å²) in [5.74, 6) is 0.874. The number of aliphatic hydroxyl groups excluding tert-OH is 1. The second kappa shape index (κ2) is 6.83. The molecule has 0 atom stereocenters. The van der Waals surface area contributed by atoms with Gasteiger partial charge in [0.1, 0.15) is 0 Å². The zero-order chi connectivity index (χ0) is 11.1. The Morgan fingerprint density at radius 2 is 1.93 bits per heavy atom. The van der Waals surface area contributed by atoms with Crippen LogP contribution in [0.4, 0.5) is 0 Å². The number of rotatable bonds is 5. The SMILES string of the molecule is CC1CCC(C(=O)OCCCCO)CC1. The number of carbonyl (C=O) groups excluding carboxylic acids is 1. The fourth-order valence-electron chi connectivity index (χ4n) is 2.00. The lowest BCUT2D eigenvalue weighted by Crippen LogP contribution is -2.23. The van der Waals surface area contributed by atoms with Gasteiger partial charge in [-0.2, -0.15) is 0 Å². The second-order valence-corrected chi connectivity index (χ2v) is 4.56. The van der Waals surface area contributed by atoms with Crippen LogP contribution in [-0.2, 0) is 9.53 Å². The van der Waals surface area contributed by atoms with Crippen LogP contribution >= 0.6 is 0 Å². The van der Waals surface area contributed by atoms with Crippen molar-refractivity contribution in [1.29, 1.82) is 0 Å². The summed E-state index contributed by atoms with van der Waals surface area (Å²) in [5, 5.41) is 8.57. The van der Waals surface area contributed by atoms with Gasteiger partial charge in [-0.05, 0) is 44.4 Å². The summed E-state index contributed by atoms with van der Waals surface area (Å²) in [7, 11) is 0. The maximum atomic E-state index is 11.6. The summed E-state index contributed by atoms with van der Waals surface area (Å²) in [6.07, 6.45) is 5.76. The van der Waals surface area contributed by atoms with E-state index in [1.165, 1.54) is 0 Å². The Morgan fingerprint density at radius 3 is 2.53 bits per heavy atom. The van der Waals surface area contributed by atoms with Crippen LogP contribution in [-0.4, -0.2) is 24.3 Å². The summed E-state index contributed by atoms with van der Waals surface area (Å²) in [5.41, 5.74) is 0. The number of hydrogen-bond acceptors (Lipinski definition) is 3. The highest BCUT2D eigenvalue weighted by Gasteiger charge is 2.25. The molecule has 0 radical (unpaired) electrons. The third-order valence-corrected chi connectivity index (χ3v) is 3.15. The smallest absolute Gasteiger partial charge is 0.308 e. The fraction of sp³-hybridized carbons (Fsp3) is 0.917. The van der Waals surface area contributed by atoms with E-state index in [2.05, 4.69) is 6.92 Å². The Bertz CT molecular complexity index is 183. The Hall–Kier alpha value is -0.570. The lowest BCUT2D eigenvalue weighted by Gasteiger charge is -2.24. The number of aliphatic hydroxyl groups is 1. The van der Waals surface area contributed by atoms with Gasteiger partial charge in [0.15, 0.2) is 0 Å². The molecule has 1 saturated carbocycles. The van der Waals surface area contributed by atoms with E-state index < -0.39 is 0 Å². The molecule has 1 fully saturated rings. The van der Waals surface area contributed by atoms with Gasteiger partial charge in [0, 0.05) is 6.61 Å². The summed E-state index contributed by atoms with van der Waals surface area (Å²) < 4.78 is 5.17. The molecule has 0 saturated heterocycles. The molecule has 1 rings (SSSR count). The molecule has 1 aliphatic carbocycles. The van der Waals surface area contributed by atoms with Crippen molar-refractivity contribution in [1.82, 2.24) is 0 Å². The molecule has 0 aromatic carbocycles. The highest BCUT2D eigenvalue weighted by atomic mass is 16.5. The fourth-order valence-corrected chi connectivity index (χ4v) is 2.00. The molecular weight excluding hydrogens is 192 g/mol. The van der Waals surface area contributed by atoms with Crippen LogP contribution in [0.2, 0.25) is 0 Å². The van der Waals surface area contributed by atoms with Crippen molar-refractivity contribution in [2.75, 3.05) is 13.2 Å². The summed E-state index contributed by atoms with van der Waals surface area (Å²) in [6, 6.07) is 0. The molecule has 0 unspecified atom stereocenters. The number of esters is 1. The van der Waals surface area contributed by atoms with E-state index in [4.69, 9.17) is 9.84 Å². The van der Waals surface area contributed by atoms with E-state index >= 15 is 0 Å². The molecule has 15 heavy (non-hydrogen) atoms. The first-order valence-electron chi connectivity index (χ1n) is 6.01. The molecule has 0 bridgehead atoms. The van der Waals surface area contributed by atoms with Gasteiger partial charge >= 0.3 is 5.97 Å². The van der Waals surface area contributed by atoms with Gasteiger partial charge in [-0.15, -0.1) is 0 Å². The molecule has 1 aliphatic rings. The first-order valence-corrected chi connectivity index (χ1v) is 6.01. The van der Waals surface area contributed by atoms with E-state index in [9.17, 15) is 4.79 Å². The van der Waals surface area contributed by atoms with Crippen molar-refractivity contribution in [2.24, 2.45) is 11.8 Å². The van der Waals surface area contributed by atoms with Crippen molar-refractivity contribution < 1.29 is 14.6 Å². The second-order valence-electron chi connectivity index (χ2n) is 4.56. The van der Waals surface area contributed by atoms with Gasteiger partial charge < -0.3 is 9.84 Å². The normalized spacial score (nSPS) is 26.3. The van der Waals surface area contributed by atoms with E-state index in [1.54, 1.807) is 0 Å². The zero-order valence-corrected chi connectivity index (χ0v) is 9.58. The van der Waals surface area contributed by atoms with E-state index in [0.717, 1.165) is 44.4 Å². The molecule has 0 amide bonds. The minimum absolute atomic E-state index is 0.0279. The van der Waals surface area contributed by atoms with Crippen molar-refractivity contribution in [3.05, 3.63) is 0 Å². The summed E-state index contributed by atoms with van der Waals surface area (Å²) in [4.78, 5) is 11.6. The summed E-state index contributed by atoms with van der Waals surface area (Å²) in [6.45, 7) is 2.88. The van der Waals surface area contributed by atoms with Crippen LogP contribution in [0.1, 0.15) is 45.4 Å². The maximum absolute atomic E-state index is 11.6. The molecule has 88 valence electrons. The third-order valence-electron chi connectivity index (χ3n) is 3.15. The van der Waals surface area contributed by atoms with Crippen molar-refractivity contribution in [2.45, 2.75) is 45.4 Å². The van der Waals surface area contributed by atoms with E-state index in [0.29, 0.717) is 6.61 Å². The van der Waals surface area contributed by atoms with Crippen LogP contribution in [0.3, 0.4) is 0 Å². The standard InChI is InChI=1S/C12H22O3/c1-10-4-6-11(7-5-10)12(14)15-9-3-2-8-13/h10-11,13H,2-9H2,1H3. The van der Waals surface area contributed by atoms with Gasteiger partial charge in [-0.25, -0.2) is 0 Å². The van der Waals surface area contributed by atoms with Gasteiger partial charge in [0.25, 0.3) is 0 Å². The largest absolute Gasteiger partial charge is 0.465 e. The van der Waals surface area contributed by atoms with Crippen LogP contribution in [0.5, 0.6) is 0 Å². The highest BCUT2D eigenvalue weighted by Crippen LogP contribution is 2.28. The maximum Gasteiger partial charge on any atom is 0.308 e. The quantitative estimate of drug-likeness (QED) is 0.563. The van der Waals surface area contributed by atoms with Crippen LogP contribution in [0.25, 0.3) is 0 Å². The van der Waals surface area contributed by atoms with Crippen LogP contribution < -0.4 is 0 Å². The summed E-state index contributed by atoms with van der Waals surface area (Å²) >= 11 is 0. The number of ether oxygens (including phenoxy) is 1. The van der Waals surface area contributed by atoms with Crippen molar-refractivity contribution in [3.63, 3.8) is 0 Å². The van der Waals surface area contributed by atoms with Crippen molar-refractivity contribution >= 4 is 5.97 Å². The molecule has 0 aromatic rings. The van der Waals surface area contributed by atoms with Gasteiger partial charge in [0.2, 0.25) is 0 Å². The van der Waals surface area contributed by atoms with Gasteiger partial charge in [-0.1, -0.05) is 6.92 Å². The number of carbonyl (C=O) groups is 1. The van der Waals surface area contributed by atoms with Gasteiger partial charge in [0.05, 0.1) is 12.5 Å². The monoisotopic (exact) mass is 214 g/mol. The molecule has 0 aliphatic heterocycles. The predicted octanol–water partition coefficient (Wildman–Crippen LogP) is 2.13. The Balaban J connectivity index is 2.11. The average molecular weight is 214 g/mol. The number of hydrogen-bond donors (Lipinski definition) is 1. The molecule has 0 spiro atoms. The Morgan fingerprint density at radius 1 is 1.27 bits per heavy atom. The molecular formula is C12H22O3. The third kappa shape index (κ3) is 4.65. The van der Waals surface area contributed by atoms with Crippen LogP contribution in [0, 0.1) is 11.8 Å². The predicted molar refractivity (Wildman–Crippen MR) is 58.4 cm³/mol. The lowest BCUT2D eigenvalue weighted by atomic mass is 9.83. The van der Waals surface area contributed by atoms with Gasteiger partial charge in [-0.3, -0.25) is 4.79 Å². The zero-order valence-electron chi connectivity index (χ0n) is 9.58. The van der Waals surface area contributed by atoms with E-state index in [1.807, 2.05) is 0 Å². The average Bonchev–Trinajstić information content (AvgIpc) is 2.25. The molecule has 1 N–H and O–H groups in total. The topological polar surface area (TPSA) is 46.5 Å². The first kappa shape index (κ1) is 12.5. The highest BCUT2D eigenvalue weighted by molar-refractivity contribution is 5.72. The number of unbranched alkanes of at least 4 members (excludes halogenated alkanes) is 1. The molecule has 3 nitrogen and oxygen atoms in total. The molecule has 0 aromatic heterocycles. The lowest BCUT2D eigenvalue weighted by molar-refractivity contribution is -0.150. The molecule has 3 heteroatoms. The molecule has 0 heterocycles. The van der Waals surface area contributed by atoms with Crippen molar-refractivity contribution in [3.8, 4) is 0 Å². The minimum atomic E-state index is -0.0279. The Kier molecular flexibility index (Phi) is 5.69. The minimum Gasteiger partial charge on any atom is -0.465 e. The first-order chi connectivity index (χ1) is 7.24.